The van der Waals surface area contributed by atoms with Gasteiger partial charge in [0.2, 0.25) is 0 Å². The van der Waals surface area contributed by atoms with Crippen molar-refractivity contribution in [3.8, 4) is 0 Å². The zero-order valence-corrected chi connectivity index (χ0v) is 9.64. The van der Waals surface area contributed by atoms with Crippen LogP contribution in [0.3, 0.4) is 0 Å². The van der Waals surface area contributed by atoms with E-state index in [0.717, 1.165) is 13.1 Å². The van der Waals surface area contributed by atoms with Crippen molar-refractivity contribution in [1.29, 1.82) is 0 Å². The van der Waals surface area contributed by atoms with Crippen molar-refractivity contribution < 1.29 is 50.7 Å². The van der Waals surface area contributed by atoms with Crippen LogP contribution in [-0.4, -0.2) is 13.1 Å². The monoisotopic (exact) mass is 320 g/mol. The van der Waals surface area contributed by atoms with Crippen LogP contribution in [0.4, 0.5) is 0 Å². The molecule has 0 aromatic heterocycles. The Labute approximate surface area is 81.6 Å². The topological polar surface area (TPSA) is 14.1 Å². The van der Waals surface area contributed by atoms with Crippen LogP contribution < -0.4 is 24.8 Å². The molecule has 1 saturated heterocycles. The minimum atomic E-state index is 0. The fourth-order valence-electron chi connectivity index (χ4n) is 0.559. The Morgan fingerprint density at radius 2 is 1.25 bits per heavy atom. The van der Waals surface area contributed by atoms with Gasteiger partial charge in [0.1, 0.15) is 0 Å². The Kier molecular flexibility index (Phi) is 22.8. The fraction of sp³-hybridized carbons (Fsp3) is 1.00. The van der Waals surface area contributed by atoms with Gasteiger partial charge in [-0.05, 0) is 0 Å². The molecule has 1 aliphatic heterocycles. The Balaban J connectivity index is -0.0000000833. The summed E-state index contributed by atoms with van der Waals surface area (Å²) in [5.41, 5.74) is 0. The summed E-state index contributed by atoms with van der Waals surface area (Å²) in [6.45, 7) is 2.25. The Morgan fingerprint density at radius 1 is 0.875 bits per heavy atom. The van der Waals surface area contributed by atoms with Crippen LogP contribution >= 0.6 is 0 Å². The van der Waals surface area contributed by atoms with E-state index >= 15 is 0 Å². The molecule has 1 heterocycles. The molecule has 0 spiro atoms. The van der Waals surface area contributed by atoms with Gasteiger partial charge in [-0.1, -0.05) is 12.8 Å². The molecule has 0 radical (unpaired) electrons. The van der Waals surface area contributed by atoms with Gasteiger partial charge in [0.15, 0.2) is 0 Å². The van der Waals surface area contributed by atoms with Crippen molar-refractivity contribution in [3.63, 3.8) is 0 Å². The Hall–Kier alpha value is 1.41. The molecule has 0 aromatic carbocycles. The summed E-state index contributed by atoms with van der Waals surface area (Å²) in [6, 6.07) is 0. The summed E-state index contributed by atoms with van der Waals surface area (Å²) in [5.74, 6) is 0. The summed E-state index contributed by atoms with van der Waals surface area (Å²) in [5, 5.41) is 4.08. The fourth-order valence-corrected chi connectivity index (χ4v) is 0.559. The van der Waals surface area contributed by atoms with Gasteiger partial charge in [-0.15, -0.1) is 13.1 Å². The molecule has 1 fully saturated rings. The first kappa shape index (κ1) is 16.2. The van der Waals surface area contributed by atoms with Crippen LogP contribution in [0, 0.1) is 0 Å². The third-order valence-electron chi connectivity index (χ3n) is 0.882. The Bertz CT molecular complexity index is 25.6. The van der Waals surface area contributed by atoms with Crippen molar-refractivity contribution in [2.45, 2.75) is 12.8 Å². The maximum atomic E-state index is 4.08. The van der Waals surface area contributed by atoms with E-state index in [-0.39, 0.29) is 50.7 Å². The summed E-state index contributed by atoms with van der Waals surface area (Å²) in [6.07, 6.45) is 2.67. The normalized spacial score (nSPS) is 15.0. The van der Waals surface area contributed by atoms with Gasteiger partial charge in [0.05, 0.1) is 0 Å². The van der Waals surface area contributed by atoms with Gasteiger partial charge in [-0.25, -0.2) is 0 Å². The van der Waals surface area contributed by atoms with E-state index < -0.39 is 0 Å². The number of nitrogens with zero attached hydrogens (tertiary/aromatic N) is 1. The molecule has 4 heteroatoms. The van der Waals surface area contributed by atoms with Crippen molar-refractivity contribution in [3.05, 3.63) is 5.32 Å². The SMILES string of the molecule is C1CC[N-]C1.[Cl-].[Cl-].[Hf]. The first-order valence-corrected chi connectivity index (χ1v) is 2.13. The van der Waals surface area contributed by atoms with Crippen molar-refractivity contribution >= 4 is 0 Å². The predicted molar refractivity (Wildman–Crippen MR) is 22.3 cm³/mol. The van der Waals surface area contributed by atoms with Gasteiger partial charge in [-0.2, -0.15) is 0 Å². The maximum Gasteiger partial charge on any atom is 0 e. The molecular weight excluding hydrogens is 311 g/mol. The van der Waals surface area contributed by atoms with Gasteiger partial charge >= 0.3 is 0 Å². The molecular formula is C4H8Cl2HfN-3. The molecule has 1 aliphatic rings. The van der Waals surface area contributed by atoms with E-state index in [1.807, 2.05) is 0 Å². The van der Waals surface area contributed by atoms with Crippen LogP contribution in [0.5, 0.6) is 0 Å². The molecule has 0 amide bonds. The van der Waals surface area contributed by atoms with Crippen molar-refractivity contribution in [2.75, 3.05) is 13.1 Å². The molecule has 0 aliphatic carbocycles. The van der Waals surface area contributed by atoms with Crippen molar-refractivity contribution in [2.24, 2.45) is 0 Å². The molecule has 0 aromatic rings. The van der Waals surface area contributed by atoms with Gasteiger partial charge in [-0.3, -0.25) is 0 Å². The van der Waals surface area contributed by atoms with Gasteiger partial charge < -0.3 is 30.1 Å². The van der Waals surface area contributed by atoms with E-state index in [1.54, 1.807) is 0 Å². The van der Waals surface area contributed by atoms with Gasteiger partial charge in [0.25, 0.3) is 0 Å². The summed E-state index contributed by atoms with van der Waals surface area (Å²) in [4.78, 5) is 0. The molecule has 50 valence electrons. The van der Waals surface area contributed by atoms with Crippen LogP contribution in [0.15, 0.2) is 0 Å². The predicted octanol–water partition coefficient (Wildman–Crippen LogP) is -4.84. The molecule has 0 unspecified atom stereocenters. The summed E-state index contributed by atoms with van der Waals surface area (Å²) < 4.78 is 0. The van der Waals surface area contributed by atoms with Crippen molar-refractivity contribution in [1.82, 2.24) is 0 Å². The first-order chi connectivity index (χ1) is 2.50. The number of hydrogen-bond donors (Lipinski definition) is 0. The summed E-state index contributed by atoms with van der Waals surface area (Å²) >= 11 is 0. The van der Waals surface area contributed by atoms with E-state index in [2.05, 4.69) is 5.32 Å². The van der Waals surface area contributed by atoms with Crippen LogP contribution in [0.2, 0.25) is 0 Å². The van der Waals surface area contributed by atoms with Gasteiger partial charge in [0, 0.05) is 25.8 Å². The third kappa shape index (κ3) is 7.41. The number of halogens is 2. The molecule has 0 saturated carbocycles. The minimum Gasteiger partial charge on any atom is -1.00 e. The van der Waals surface area contributed by atoms with E-state index in [4.69, 9.17) is 0 Å². The number of hydrogen-bond acceptors (Lipinski definition) is 0. The number of rotatable bonds is 0. The standard InChI is InChI=1S/C4H8N.2ClH.Hf/c1-2-4-5-3-1;;;/h1-4H2;2*1H;/q-1;;;/p-2. The first-order valence-electron chi connectivity index (χ1n) is 2.13. The molecule has 1 nitrogen and oxygen atoms in total. The van der Waals surface area contributed by atoms with Crippen LogP contribution in [0.25, 0.3) is 5.32 Å². The van der Waals surface area contributed by atoms with E-state index in [0.29, 0.717) is 0 Å². The second-order valence-electron chi connectivity index (χ2n) is 1.38. The molecule has 1 rings (SSSR count). The second-order valence-corrected chi connectivity index (χ2v) is 1.38. The van der Waals surface area contributed by atoms with Crippen LogP contribution in [-0.2, 0) is 25.8 Å². The minimum absolute atomic E-state index is 0. The zero-order valence-electron chi connectivity index (χ0n) is 4.53. The Morgan fingerprint density at radius 3 is 1.38 bits per heavy atom. The second kappa shape index (κ2) is 11.2. The molecule has 0 bridgehead atoms. The largest absolute Gasteiger partial charge is 1.00 e. The average molecular weight is 320 g/mol. The maximum absolute atomic E-state index is 4.08. The van der Waals surface area contributed by atoms with E-state index in [9.17, 15) is 0 Å². The zero-order chi connectivity index (χ0) is 3.54. The van der Waals surface area contributed by atoms with Crippen LogP contribution in [0.1, 0.15) is 12.8 Å². The molecule has 0 N–H and O–H groups in total. The quantitative estimate of drug-likeness (QED) is 0.398. The third-order valence-corrected chi connectivity index (χ3v) is 0.882. The average Bonchev–Trinajstić information content (AvgIpc) is 1.76. The smallest absolute Gasteiger partial charge is 0 e. The van der Waals surface area contributed by atoms with E-state index in [1.165, 1.54) is 12.8 Å². The molecule has 0 atom stereocenters. The molecule has 8 heavy (non-hydrogen) atoms. The summed E-state index contributed by atoms with van der Waals surface area (Å²) in [7, 11) is 0.